The first-order chi connectivity index (χ1) is 13.0. The average Bonchev–Trinajstić information content (AvgIpc) is 3.26. The van der Waals surface area contributed by atoms with Crippen LogP contribution in [0.1, 0.15) is 27.4 Å². The maximum atomic E-state index is 13.2. The molecule has 9 heteroatoms. The Morgan fingerprint density at radius 3 is 2.67 bits per heavy atom. The summed E-state index contributed by atoms with van der Waals surface area (Å²) in [5.41, 5.74) is 0.481. The summed E-state index contributed by atoms with van der Waals surface area (Å²) in [5.74, 6) is -1.81. The van der Waals surface area contributed by atoms with E-state index >= 15 is 0 Å². The number of halogens is 2. The highest BCUT2D eigenvalue weighted by Gasteiger charge is 2.11. The van der Waals surface area contributed by atoms with Gasteiger partial charge in [0, 0.05) is 36.5 Å². The fourth-order valence-electron chi connectivity index (χ4n) is 2.33. The molecule has 0 aliphatic carbocycles. The van der Waals surface area contributed by atoms with Crippen molar-refractivity contribution in [2.24, 2.45) is 0 Å². The first-order valence-corrected chi connectivity index (χ1v) is 8.82. The fraction of sp³-hybridized carbons (Fsp3) is 0.167. The van der Waals surface area contributed by atoms with Crippen molar-refractivity contribution in [2.75, 3.05) is 11.9 Å². The monoisotopic (exact) mass is 391 g/mol. The molecule has 1 aromatic carbocycles. The Bertz CT molecular complexity index is 921. The van der Waals surface area contributed by atoms with E-state index in [1.807, 2.05) is 0 Å². The van der Waals surface area contributed by atoms with Crippen molar-refractivity contribution < 1.29 is 22.8 Å². The van der Waals surface area contributed by atoms with Gasteiger partial charge in [0.1, 0.15) is 11.6 Å². The van der Waals surface area contributed by atoms with E-state index < -0.39 is 17.5 Å². The third-order valence-corrected chi connectivity index (χ3v) is 4.40. The van der Waals surface area contributed by atoms with Gasteiger partial charge in [-0.3, -0.25) is 9.59 Å². The molecule has 0 saturated heterocycles. The highest BCUT2D eigenvalue weighted by Crippen LogP contribution is 2.22. The van der Waals surface area contributed by atoms with Gasteiger partial charge in [0.25, 0.3) is 5.91 Å². The number of furan rings is 1. The van der Waals surface area contributed by atoms with Gasteiger partial charge < -0.3 is 15.1 Å². The molecule has 27 heavy (non-hydrogen) atoms. The van der Waals surface area contributed by atoms with Crippen molar-refractivity contribution in [3.05, 3.63) is 70.6 Å². The summed E-state index contributed by atoms with van der Waals surface area (Å²) >= 11 is 1.22. The Morgan fingerprint density at radius 2 is 1.96 bits per heavy atom. The van der Waals surface area contributed by atoms with E-state index in [0.717, 1.165) is 10.9 Å². The third kappa shape index (κ3) is 5.45. The molecule has 3 aromatic rings. The second kappa shape index (κ2) is 8.54. The number of hydrogen-bond acceptors (Lipinski definition) is 5. The molecule has 0 aliphatic heterocycles. The van der Waals surface area contributed by atoms with Crippen LogP contribution >= 0.6 is 11.3 Å². The lowest BCUT2D eigenvalue weighted by atomic mass is 10.1. The molecule has 0 aliphatic rings. The number of thiazole rings is 1. The molecule has 0 bridgehead atoms. The second-order valence-corrected chi connectivity index (χ2v) is 6.73. The lowest BCUT2D eigenvalue weighted by molar-refractivity contribution is -0.116. The molecule has 2 amide bonds. The van der Waals surface area contributed by atoms with Gasteiger partial charge in [0.15, 0.2) is 10.9 Å². The molecule has 0 spiro atoms. The molecule has 2 aromatic heterocycles. The highest BCUT2D eigenvalue weighted by atomic mass is 32.1. The van der Waals surface area contributed by atoms with E-state index in [1.165, 1.54) is 35.8 Å². The minimum absolute atomic E-state index is 0.0659. The Balaban J connectivity index is 1.47. The zero-order valence-corrected chi connectivity index (χ0v) is 14.8. The molecule has 2 heterocycles. The minimum atomic E-state index is -0.639. The van der Waals surface area contributed by atoms with E-state index in [0.29, 0.717) is 17.1 Å². The van der Waals surface area contributed by atoms with Crippen molar-refractivity contribution in [2.45, 2.75) is 12.8 Å². The van der Waals surface area contributed by atoms with Gasteiger partial charge in [0.2, 0.25) is 5.91 Å². The van der Waals surface area contributed by atoms with E-state index in [4.69, 9.17) is 4.42 Å². The topological polar surface area (TPSA) is 84.2 Å². The van der Waals surface area contributed by atoms with Gasteiger partial charge in [-0.25, -0.2) is 13.8 Å². The van der Waals surface area contributed by atoms with Gasteiger partial charge in [-0.2, -0.15) is 0 Å². The number of carbonyl (C=O) groups is 2. The molecule has 0 radical (unpaired) electrons. The van der Waals surface area contributed by atoms with Crippen LogP contribution in [-0.2, 0) is 11.2 Å². The highest BCUT2D eigenvalue weighted by molar-refractivity contribution is 7.15. The Morgan fingerprint density at radius 1 is 1.19 bits per heavy atom. The average molecular weight is 391 g/mol. The summed E-state index contributed by atoms with van der Waals surface area (Å²) in [5, 5.41) is 5.57. The Hall–Kier alpha value is -3.07. The quantitative estimate of drug-likeness (QED) is 0.647. The van der Waals surface area contributed by atoms with Gasteiger partial charge >= 0.3 is 0 Å². The molecule has 3 rings (SSSR count). The number of hydrogen-bond donors (Lipinski definition) is 2. The van der Waals surface area contributed by atoms with Crippen LogP contribution in [0.25, 0.3) is 0 Å². The molecule has 6 nitrogen and oxygen atoms in total. The minimum Gasteiger partial charge on any atom is -0.459 e. The molecule has 0 saturated carbocycles. The summed E-state index contributed by atoms with van der Waals surface area (Å²) in [6.07, 6.45) is 3.31. The first kappa shape index (κ1) is 18.7. The Kier molecular flexibility index (Phi) is 5.92. The molecule has 2 N–H and O–H groups in total. The fourth-order valence-corrected chi connectivity index (χ4v) is 3.19. The third-order valence-electron chi connectivity index (χ3n) is 3.48. The molecular formula is C18H15F2N3O3S. The number of benzene rings is 1. The molecular weight excluding hydrogens is 376 g/mol. The van der Waals surface area contributed by atoms with Crippen molar-refractivity contribution in [1.82, 2.24) is 10.3 Å². The SMILES string of the molecule is O=C(CCNC(=O)c1ccco1)Nc1ncc(Cc2cc(F)cc(F)c2)s1. The second-order valence-electron chi connectivity index (χ2n) is 5.62. The molecule has 140 valence electrons. The van der Waals surface area contributed by atoms with Crippen LogP contribution in [0.2, 0.25) is 0 Å². The van der Waals surface area contributed by atoms with E-state index in [1.54, 1.807) is 12.3 Å². The maximum absolute atomic E-state index is 13.2. The maximum Gasteiger partial charge on any atom is 0.286 e. The van der Waals surface area contributed by atoms with Gasteiger partial charge in [0.05, 0.1) is 6.26 Å². The van der Waals surface area contributed by atoms with Gasteiger partial charge in [-0.1, -0.05) is 0 Å². The van der Waals surface area contributed by atoms with Crippen LogP contribution in [0.4, 0.5) is 13.9 Å². The number of carbonyl (C=O) groups excluding carboxylic acids is 2. The molecule has 0 unspecified atom stereocenters. The van der Waals surface area contributed by atoms with Crippen molar-refractivity contribution in [3.63, 3.8) is 0 Å². The number of aromatic nitrogens is 1. The van der Waals surface area contributed by atoms with Gasteiger partial charge in [-0.15, -0.1) is 11.3 Å². The van der Waals surface area contributed by atoms with E-state index in [-0.39, 0.29) is 24.6 Å². The number of amides is 2. The predicted octanol–water partition coefficient (Wildman–Crippen LogP) is 3.36. The number of rotatable bonds is 7. The smallest absolute Gasteiger partial charge is 0.286 e. The summed E-state index contributed by atoms with van der Waals surface area (Å²) in [7, 11) is 0. The van der Waals surface area contributed by atoms with Crippen LogP contribution in [0.3, 0.4) is 0 Å². The van der Waals surface area contributed by atoms with Crippen molar-refractivity contribution in [3.8, 4) is 0 Å². The largest absolute Gasteiger partial charge is 0.459 e. The number of anilines is 1. The van der Waals surface area contributed by atoms with Crippen LogP contribution in [0.5, 0.6) is 0 Å². The van der Waals surface area contributed by atoms with E-state index in [9.17, 15) is 18.4 Å². The molecule has 0 atom stereocenters. The Labute approximate surface area is 157 Å². The molecule has 0 fully saturated rings. The van der Waals surface area contributed by atoms with Crippen LogP contribution < -0.4 is 10.6 Å². The van der Waals surface area contributed by atoms with Crippen LogP contribution in [-0.4, -0.2) is 23.3 Å². The van der Waals surface area contributed by atoms with Gasteiger partial charge in [-0.05, 0) is 29.8 Å². The number of nitrogens with zero attached hydrogens (tertiary/aromatic N) is 1. The van der Waals surface area contributed by atoms with Crippen molar-refractivity contribution >= 4 is 28.3 Å². The van der Waals surface area contributed by atoms with Crippen LogP contribution in [0.15, 0.2) is 47.2 Å². The van der Waals surface area contributed by atoms with Crippen molar-refractivity contribution in [1.29, 1.82) is 0 Å². The zero-order chi connectivity index (χ0) is 19.2. The summed E-state index contributed by atoms with van der Waals surface area (Å²) in [4.78, 5) is 28.4. The lowest BCUT2D eigenvalue weighted by Crippen LogP contribution is -2.27. The normalized spacial score (nSPS) is 10.6. The lowest BCUT2D eigenvalue weighted by Gasteiger charge is -2.03. The number of nitrogens with one attached hydrogen (secondary N) is 2. The summed E-state index contributed by atoms with van der Waals surface area (Å²) in [6.45, 7) is 0.145. The first-order valence-electron chi connectivity index (χ1n) is 8.01. The summed E-state index contributed by atoms with van der Waals surface area (Å²) < 4.78 is 31.4. The zero-order valence-electron chi connectivity index (χ0n) is 14.0. The predicted molar refractivity (Wildman–Crippen MR) is 95.6 cm³/mol. The summed E-state index contributed by atoms with van der Waals surface area (Å²) in [6, 6.07) is 6.44. The van der Waals surface area contributed by atoms with E-state index in [2.05, 4.69) is 15.6 Å². The van der Waals surface area contributed by atoms with Crippen LogP contribution in [0, 0.1) is 11.6 Å². The standard InChI is InChI=1S/C18H15F2N3O3S/c19-12-6-11(7-13(20)9-12)8-14-10-22-18(27-14)23-16(24)3-4-21-17(25)15-2-1-5-26-15/h1-2,5-7,9-10H,3-4,8H2,(H,21,25)(H,22,23,24).